The first-order valence-corrected chi connectivity index (χ1v) is 8.21. The molecule has 2 rings (SSSR count). The largest absolute Gasteiger partial charge is 0.325 e. The zero-order valence-corrected chi connectivity index (χ0v) is 13.8. The number of carbonyl (C=O) groups is 1. The van der Waals surface area contributed by atoms with Gasteiger partial charge in [-0.25, -0.2) is 0 Å². The van der Waals surface area contributed by atoms with Gasteiger partial charge in [-0.05, 0) is 56.0 Å². The van der Waals surface area contributed by atoms with Crippen molar-refractivity contribution in [2.45, 2.75) is 39.5 Å². The molecule has 1 aromatic rings. The highest BCUT2D eigenvalue weighted by Crippen LogP contribution is 2.32. The normalized spacial score (nSPS) is 22.6. The van der Waals surface area contributed by atoms with Crippen LogP contribution in [-0.4, -0.2) is 19.0 Å². The van der Waals surface area contributed by atoms with E-state index in [2.05, 4.69) is 46.5 Å². The molecule has 110 valence electrons. The zero-order valence-electron chi connectivity index (χ0n) is 12.3. The summed E-state index contributed by atoms with van der Waals surface area (Å²) >= 11 is 3.48. The van der Waals surface area contributed by atoms with Crippen LogP contribution in [0, 0.1) is 5.41 Å². The zero-order chi connectivity index (χ0) is 14.6. The third-order valence-electron chi connectivity index (χ3n) is 4.33. The fraction of sp³-hybridized carbons (Fsp3) is 0.562. The molecule has 1 heterocycles. The second-order valence-corrected chi connectivity index (χ2v) is 6.44. The van der Waals surface area contributed by atoms with Crippen LogP contribution in [0.15, 0.2) is 22.7 Å². The van der Waals surface area contributed by atoms with E-state index < -0.39 is 0 Å². The molecular weight excluding hydrogens is 316 g/mol. The van der Waals surface area contributed by atoms with Gasteiger partial charge in [-0.15, -0.1) is 0 Å². The number of benzene rings is 1. The molecule has 20 heavy (non-hydrogen) atoms. The van der Waals surface area contributed by atoms with E-state index in [1.165, 1.54) is 5.56 Å². The number of rotatable bonds is 4. The summed E-state index contributed by atoms with van der Waals surface area (Å²) in [6.45, 7) is 6.02. The lowest BCUT2D eigenvalue weighted by Gasteiger charge is -2.35. The second kappa shape index (κ2) is 6.72. The molecular formula is C16H23BrN2O. The maximum absolute atomic E-state index is 12.7. The number of amides is 1. The Labute approximate surface area is 129 Å². The van der Waals surface area contributed by atoms with Gasteiger partial charge in [0.2, 0.25) is 5.91 Å². The monoisotopic (exact) mass is 338 g/mol. The Hall–Kier alpha value is -0.870. The molecule has 0 spiro atoms. The predicted molar refractivity (Wildman–Crippen MR) is 87.0 cm³/mol. The van der Waals surface area contributed by atoms with Gasteiger partial charge in [0, 0.05) is 16.7 Å². The van der Waals surface area contributed by atoms with Gasteiger partial charge in [0.1, 0.15) is 0 Å². The van der Waals surface area contributed by atoms with Crippen LogP contribution in [-0.2, 0) is 11.2 Å². The van der Waals surface area contributed by atoms with E-state index in [1.807, 2.05) is 12.1 Å². The minimum Gasteiger partial charge on any atom is -0.325 e. The molecule has 0 aromatic heterocycles. The number of anilines is 1. The summed E-state index contributed by atoms with van der Waals surface area (Å²) in [6.07, 6.45) is 3.83. The summed E-state index contributed by atoms with van der Waals surface area (Å²) in [6, 6.07) is 6.04. The Balaban J connectivity index is 2.18. The molecule has 1 aliphatic heterocycles. The van der Waals surface area contributed by atoms with Crippen molar-refractivity contribution >= 4 is 27.5 Å². The Morgan fingerprint density at radius 3 is 2.85 bits per heavy atom. The van der Waals surface area contributed by atoms with E-state index in [0.717, 1.165) is 48.9 Å². The van der Waals surface area contributed by atoms with Crippen LogP contribution < -0.4 is 10.6 Å². The number of carbonyl (C=O) groups excluding carboxylic acids is 1. The van der Waals surface area contributed by atoms with Gasteiger partial charge in [-0.3, -0.25) is 4.79 Å². The number of hydrogen-bond donors (Lipinski definition) is 2. The molecule has 0 aliphatic carbocycles. The van der Waals surface area contributed by atoms with Gasteiger partial charge in [0.05, 0.1) is 5.41 Å². The number of aryl methyl sites for hydroxylation is 1. The Bertz CT molecular complexity index is 481. The van der Waals surface area contributed by atoms with E-state index in [-0.39, 0.29) is 11.3 Å². The molecule has 1 aromatic carbocycles. The summed E-state index contributed by atoms with van der Waals surface area (Å²) in [4.78, 5) is 12.7. The number of nitrogens with one attached hydrogen (secondary N) is 2. The van der Waals surface area contributed by atoms with E-state index >= 15 is 0 Å². The summed E-state index contributed by atoms with van der Waals surface area (Å²) in [7, 11) is 0. The molecule has 1 atom stereocenters. The van der Waals surface area contributed by atoms with Gasteiger partial charge >= 0.3 is 0 Å². The van der Waals surface area contributed by atoms with Crippen LogP contribution in [0.2, 0.25) is 0 Å². The second-order valence-electron chi connectivity index (χ2n) is 5.52. The predicted octanol–water partition coefficient (Wildman–Crippen LogP) is 3.73. The van der Waals surface area contributed by atoms with Crippen molar-refractivity contribution in [1.29, 1.82) is 0 Å². The van der Waals surface area contributed by atoms with E-state index in [0.29, 0.717) is 0 Å². The van der Waals surface area contributed by atoms with Crippen LogP contribution >= 0.6 is 15.9 Å². The average Bonchev–Trinajstić information content (AvgIpc) is 2.49. The van der Waals surface area contributed by atoms with Crippen LogP contribution in [0.25, 0.3) is 0 Å². The highest BCUT2D eigenvalue weighted by Gasteiger charge is 2.37. The quantitative estimate of drug-likeness (QED) is 0.878. The fourth-order valence-corrected chi connectivity index (χ4v) is 3.26. The number of hydrogen-bond acceptors (Lipinski definition) is 2. The van der Waals surface area contributed by atoms with Gasteiger partial charge in [-0.2, -0.15) is 0 Å². The standard InChI is InChI=1S/C16H23BrN2O/c1-3-12-10-13(17)6-7-14(12)19-15(20)16(4-2)8-5-9-18-11-16/h6-7,10,18H,3-5,8-9,11H2,1-2H3,(H,19,20). The van der Waals surface area contributed by atoms with E-state index in [4.69, 9.17) is 0 Å². The van der Waals surface area contributed by atoms with Gasteiger partial charge < -0.3 is 10.6 Å². The summed E-state index contributed by atoms with van der Waals surface area (Å²) in [5.74, 6) is 0.157. The van der Waals surface area contributed by atoms with Crippen molar-refractivity contribution in [2.75, 3.05) is 18.4 Å². The van der Waals surface area contributed by atoms with Crippen molar-refractivity contribution in [2.24, 2.45) is 5.41 Å². The Morgan fingerprint density at radius 1 is 1.45 bits per heavy atom. The van der Waals surface area contributed by atoms with Crippen molar-refractivity contribution in [3.05, 3.63) is 28.2 Å². The van der Waals surface area contributed by atoms with E-state index in [1.54, 1.807) is 0 Å². The first-order valence-electron chi connectivity index (χ1n) is 7.42. The van der Waals surface area contributed by atoms with Crippen molar-refractivity contribution < 1.29 is 4.79 Å². The molecule has 1 fully saturated rings. The molecule has 3 nitrogen and oxygen atoms in total. The van der Waals surface area contributed by atoms with Crippen LogP contribution in [0.5, 0.6) is 0 Å². The molecule has 1 amide bonds. The van der Waals surface area contributed by atoms with E-state index in [9.17, 15) is 4.79 Å². The minimum atomic E-state index is -0.254. The third-order valence-corrected chi connectivity index (χ3v) is 4.82. The third kappa shape index (κ3) is 3.23. The summed E-state index contributed by atoms with van der Waals surface area (Å²) < 4.78 is 1.05. The lowest BCUT2D eigenvalue weighted by atomic mass is 9.77. The first-order chi connectivity index (χ1) is 9.61. The lowest BCUT2D eigenvalue weighted by Crippen LogP contribution is -2.47. The molecule has 2 N–H and O–H groups in total. The highest BCUT2D eigenvalue weighted by molar-refractivity contribution is 9.10. The number of piperidine rings is 1. The topological polar surface area (TPSA) is 41.1 Å². The molecule has 1 saturated heterocycles. The molecule has 1 unspecified atom stereocenters. The van der Waals surface area contributed by atoms with Gasteiger partial charge in [-0.1, -0.05) is 29.8 Å². The molecule has 0 saturated carbocycles. The first kappa shape index (κ1) is 15.5. The van der Waals surface area contributed by atoms with Crippen molar-refractivity contribution in [3.63, 3.8) is 0 Å². The number of halogens is 1. The minimum absolute atomic E-state index is 0.157. The SMILES string of the molecule is CCc1cc(Br)ccc1NC(=O)C1(CC)CCCNC1. The molecule has 4 heteroatoms. The summed E-state index contributed by atoms with van der Waals surface area (Å²) in [5.41, 5.74) is 1.86. The molecule has 0 bridgehead atoms. The molecule has 0 radical (unpaired) electrons. The Kier molecular flexibility index (Phi) is 5.22. The van der Waals surface area contributed by atoms with Crippen molar-refractivity contribution in [1.82, 2.24) is 5.32 Å². The Morgan fingerprint density at radius 2 is 2.25 bits per heavy atom. The maximum Gasteiger partial charge on any atom is 0.231 e. The van der Waals surface area contributed by atoms with Crippen LogP contribution in [0.1, 0.15) is 38.7 Å². The van der Waals surface area contributed by atoms with Crippen LogP contribution in [0.4, 0.5) is 5.69 Å². The highest BCUT2D eigenvalue weighted by atomic mass is 79.9. The van der Waals surface area contributed by atoms with Crippen molar-refractivity contribution in [3.8, 4) is 0 Å². The lowest BCUT2D eigenvalue weighted by molar-refractivity contribution is -0.126. The van der Waals surface area contributed by atoms with Crippen LogP contribution in [0.3, 0.4) is 0 Å². The maximum atomic E-state index is 12.7. The fourth-order valence-electron chi connectivity index (χ4n) is 2.86. The molecule has 1 aliphatic rings. The summed E-state index contributed by atoms with van der Waals surface area (Å²) in [5, 5.41) is 6.51. The smallest absolute Gasteiger partial charge is 0.231 e. The van der Waals surface area contributed by atoms with Gasteiger partial charge in [0.25, 0.3) is 0 Å². The average molecular weight is 339 g/mol. The van der Waals surface area contributed by atoms with Gasteiger partial charge in [0.15, 0.2) is 0 Å².